The highest BCUT2D eigenvalue weighted by Crippen LogP contribution is 2.51. The third-order valence-corrected chi connectivity index (χ3v) is 7.22. The molecular formula is C24H30N4O3. The molecule has 2 atom stereocenters. The minimum absolute atomic E-state index is 0.112. The van der Waals surface area contributed by atoms with Crippen LogP contribution in [0.5, 0.6) is 11.9 Å². The summed E-state index contributed by atoms with van der Waals surface area (Å²) in [6.07, 6.45) is 7.03. The Kier molecular flexibility index (Phi) is 5.10. The number of piperidine rings is 1. The molecule has 3 aromatic rings. The number of methoxy groups -OCH3 is 2. The van der Waals surface area contributed by atoms with E-state index in [1.165, 1.54) is 23.6 Å². The molecule has 2 fully saturated rings. The number of hydrogen-bond acceptors (Lipinski definition) is 6. The molecule has 3 heterocycles. The van der Waals surface area contributed by atoms with Gasteiger partial charge in [0.25, 0.3) is 0 Å². The van der Waals surface area contributed by atoms with E-state index in [1.807, 2.05) is 0 Å². The van der Waals surface area contributed by atoms with E-state index in [4.69, 9.17) is 9.47 Å². The van der Waals surface area contributed by atoms with Crippen LogP contribution in [0, 0.1) is 11.8 Å². The molecule has 2 aromatic heterocycles. The molecule has 164 valence electrons. The van der Waals surface area contributed by atoms with Crippen molar-refractivity contribution in [2.75, 3.05) is 27.3 Å². The van der Waals surface area contributed by atoms with Crippen molar-refractivity contribution in [1.29, 1.82) is 0 Å². The minimum Gasteiger partial charge on any atom is -0.481 e. The van der Waals surface area contributed by atoms with Gasteiger partial charge in [0, 0.05) is 61.8 Å². The van der Waals surface area contributed by atoms with Crippen LogP contribution in [-0.2, 0) is 19.2 Å². The second kappa shape index (κ2) is 7.80. The second-order valence-electron chi connectivity index (χ2n) is 8.91. The Balaban J connectivity index is 1.45. The van der Waals surface area contributed by atoms with E-state index in [9.17, 15) is 5.11 Å². The van der Waals surface area contributed by atoms with Crippen LogP contribution in [0.25, 0.3) is 10.9 Å². The number of nitrogens with zero attached hydrogens (tertiary/aromatic N) is 4. The van der Waals surface area contributed by atoms with Gasteiger partial charge < -0.3 is 19.1 Å². The highest BCUT2D eigenvalue weighted by molar-refractivity contribution is 5.83. The average Bonchev–Trinajstić information content (AvgIpc) is 3.09. The average molecular weight is 423 g/mol. The summed E-state index contributed by atoms with van der Waals surface area (Å²) >= 11 is 0. The monoisotopic (exact) mass is 422 g/mol. The van der Waals surface area contributed by atoms with Gasteiger partial charge in [-0.25, -0.2) is 4.98 Å². The van der Waals surface area contributed by atoms with Crippen molar-refractivity contribution in [2.45, 2.75) is 31.4 Å². The van der Waals surface area contributed by atoms with Crippen molar-refractivity contribution in [3.05, 3.63) is 47.8 Å². The van der Waals surface area contributed by atoms with Gasteiger partial charge in [0.2, 0.25) is 5.88 Å². The van der Waals surface area contributed by atoms with Gasteiger partial charge in [-0.2, -0.15) is 4.98 Å². The fourth-order valence-electron chi connectivity index (χ4n) is 5.78. The lowest BCUT2D eigenvalue weighted by atomic mass is 9.63. The number of hydrogen-bond donors (Lipinski definition) is 1. The molecule has 31 heavy (non-hydrogen) atoms. The molecule has 1 saturated carbocycles. The van der Waals surface area contributed by atoms with Crippen LogP contribution in [0.2, 0.25) is 0 Å². The van der Waals surface area contributed by atoms with Crippen LogP contribution in [0.15, 0.2) is 36.7 Å². The topological polar surface area (TPSA) is 72.6 Å². The van der Waals surface area contributed by atoms with Gasteiger partial charge in [-0.1, -0.05) is 24.6 Å². The van der Waals surface area contributed by atoms with Crippen LogP contribution in [-0.4, -0.2) is 51.9 Å². The quantitative estimate of drug-likeness (QED) is 0.681. The number of aromatic nitrogens is 3. The van der Waals surface area contributed by atoms with E-state index in [2.05, 4.69) is 56.9 Å². The largest absolute Gasteiger partial charge is 0.481 e. The zero-order valence-electron chi connectivity index (χ0n) is 18.4. The second-order valence-corrected chi connectivity index (χ2v) is 8.91. The molecular weight excluding hydrogens is 392 g/mol. The molecule has 0 radical (unpaired) electrons. The summed E-state index contributed by atoms with van der Waals surface area (Å²) in [6.45, 7) is 2.57. The van der Waals surface area contributed by atoms with E-state index in [0.29, 0.717) is 11.4 Å². The molecule has 0 spiro atoms. The van der Waals surface area contributed by atoms with Gasteiger partial charge in [-0.15, -0.1) is 0 Å². The number of fused-ring (bicyclic) bond motifs is 3. The number of aryl methyl sites for hydroxylation is 1. The predicted octanol–water partition coefficient (Wildman–Crippen LogP) is 3.11. The van der Waals surface area contributed by atoms with Crippen LogP contribution in [0.3, 0.4) is 0 Å². The Labute approximate surface area is 182 Å². The van der Waals surface area contributed by atoms with Crippen molar-refractivity contribution >= 4 is 10.9 Å². The van der Waals surface area contributed by atoms with Crippen molar-refractivity contribution < 1.29 is 14.6 Å². The fraction of sp³-hybridized carbons (Fsp3) is 0.500. The molecule has 7 heteroatoms. The Morgan fingerprint density at radius 3 is 2.58 bits per heavy atom. The summed E-state index contributed by atoms with van der Waals surface area (Å²) in [4.78, 5) is 11.1. The highest BCUT2D eigenvalue weighted by Gasteiger charge is 2.53. The first kappa shape index (κ1) is 20.3. The summed E-state index contributed by atoms with van der Waals surface area (Å²) in [7, 11) is 5.22. The van der Waals surface area contributed by atoms with Gasteiger partial charge in [0.05, 0.1) is 19.8 Å². The van der Waals surface area contributed by atoms with Crippen molar-refractivity contribution in [3.63, 3.8) is 0 Å². The molecule has 5 rings (SSSR count). The Bertz CT molecular complexity index is 1080. The van der Waals surface area contributed by atoms with E-state index < -0.39 is 5.60 Å². The smallest absolute Gasteiger partial charge is 0.319 e. The fourth-order valence-corrected chi connectivity index (χ4v) is 5.78. The van der Waals surface area contributed by atoms with Crippen LogP contribution in [0.4, 0.5) is 0 Å². The standard InChI is InChI=1S/C24H30N4O3/c1-27-12-16(19-9-4-5-10-21(19)27)13-28-14-17-7-6-8-18(15-28)24(17,29)20-11-25-23(31-3)26-22(20)30-2/h4-5,9-12,17-18,29H,6-8,13-15H2,1-3H3/t17-,18-/m0/s1. The molecule has 2 aliphatic rings. The van der Waals surface area contributed by atoms with Crippen LogP contribution < -0.4 is 9.47 Å². The Morgan fingerprint density at radius 1 is 1.13 bits per heavy atom. The maximum absolute atomic E-state index is 12.0. The van der Waals surface area contributed by atoms with Crippen molar-refractivity contribution in [2.24, 2.45) is 18.9 Å². The number of para-hydroxylation sites is 1. The molecule has 2 bridgehead atoms. The lowest BCUT2D eigenvalue weighted by Gasteiger charge is -2.53. The summed E-state index contributed by atoms with van der Waals surface area (Å²) in [5.41, 5.74) is 2.30. The molecule has 7 nitrogen and oxygen atoms in total. The zero-order valence-corrected chi connectivity index (χ0v) is 18.4. The lowest BCUT2D eigenvalue weighted by molar-refractivity contribution is -0.149. The van der Waals surface area contributed by atoms with Gasteiger partial charge in [0.1, 0.15) is 5.60 Å². The zero-order chi connectivity index (χ0) is 21.6. The molecule has 1 N–H and O–H groups in total. The SMILES string of the molecule is COc1ncc(C2(O)[C@H]3CCC[C@H]2CN(Cc2cn(C)c4ccccc24)C3)c(OC)n1. The number of likely N-dealkylation sites (tertiary alicyclic amines) is 1. The van der Waals surface area contributed by atoms with Gasteiger partial charge in [-0.05, 0) is 24.5 Å². The molecule has 0 amide bonds. The molecule has 1 aliphatic heterocycles. The predicted molar refractivity (Wildman–Crippen MR) is 118 cm³/mol. The molecule has 1 aliphatic carbocycles. The maximum atomic E-state index is 12.0. The van der Waals surface area contributed by atoms with Crippen molar-refractivity contribution in [3.8, 4) is 11.9 Å². The van der Waals surface area contributed by atoms with Gasteiger partial charge >= 0.3 is 6.01 Å². The van der Waals surface area contributed by atoms with E-state index in [1.54, 1.807) is 13.3 Å². The Morgan fingerprint density at radius 2 is 1.87 bits per heavy atom. The highest BCUT2D eigenvalue weighted by atomic mass is 16.5. The first-order chi connectivity index (χ1) is 15.0. The summed E-state index contributed by atoms with van der Waals surface area (Å²) < 4.78 is 12.9. The first-order valence-corrected chi connectivity index (χ1v) is 11.0. The van der Waals surface area contributed by atoms with Crippen molar-refractivity contribution in [1.82, 2.24) is 19.4 Å². The first-order valence-electron chi connectivity index (χ1n) is 11.0. The Hall–Kier alpha value is -2.64. The van der Waals surface area contributed by atoms with Gasteiger partial charge in [-0.3, -0.25) is 4.90 Å². The minimum atomic E-state index is -0.981. The number of ether oxygens (including phenoxy) is 2. The van der Waals surface area contributed by atoms with Gasteiger partial charge in [0.15, 0.2) is 0 Å². The third-order valence-electron chi connectivity index (χ3n) is 7.22. The van der Waals surface area contributed by atoms with Crippen LogP contribution in [0.1, 0.15) is 30.4 Å². The van der Waals surface area contributed by atoms with E-state index >= 15 is 0 Å². The molecule has 0 unspecified atom stereocenters. The molecule has 1 saturated heterocycles. The third kappa shape index (κ3) is 3.27. The maximum Gasteiger partial charge on any atom is 0.319 e. The number of aliphatic hydroxyl groups is 1. The normalized spacial score (nSPS) is 26.2. The van der Waals surface area contributed by atoms with E-state index in [0.717, 1.165) is 38.9 Å². The van der Waals surface area contributed by atoms with Crippen LogP contribution >= 0.6 is 0 Å². The number of rotatable bonds is 5. The van der Waals surface area contributed by atoms with E-state index in [-0.39, 0.29) is 17.8 Å². The summed E-state index contributed by atoms with van der Waals surface area (Å²) in [6, 6.07) is 8.81. The molecule has 1 aromatic carbocycles. The number of benzene rings is 1. The summed E-state index contributed by atoms with van der Waals surface area (Å²) in [5.74, 6) is 0.635. The lowest BCUT2D eigenvalue weighted by Crippen LogP contribution is -2.58. The summed E-state index contributed by atoms with van der Waals surface area (Å²) in [5, 5.41) is 13.3.